The van der Waals surface area contributed by atoms with E-state index in [9.17, 15) is 9.59 Å². The van der Waals surface area contributed by atoms with Crippen LogP contribution in [0.25, 0.3) is 0 Å². The number of carbonyl (C=O) groups is 2. The lowest BCUT2D eigenvalue weighted by molar-refractivity contribution is 0.0522. The van der Waals surface area contributed by atoms with Crippen LogP contribution >= 0.6 is 11.8 Å². The van der Waals surface area contributed by atoms with Gasteiger partial charge in [-0.2, -0.15) is 0 Å². The molecule has 0 unspecified atom stereocenters. The van der Waals surface area contributed by atoms with Crippen molar-refractivity contribution < 1.29 is 14.3 Å². The average molecular weight is 345 g/mol. The number of aromatic amines is 1. The minimum Gasteiger partial charge on any atom is -0.462 e. The van der Waals surface area contributed by atoms with Crippen molar-refractivity contribution in [3.8, 4) is 0 Å². The van der Waals surface area contributed by atoms with Gasteiger partial charge in [0.1, 0.15) is 0 Å². The molecular weight excluding hydrogens is 322 g/mol. The summed E-state index contributed by atoms with van der Waals surface area (Å²) in [5, 5.41) is 0.210. The number of aryl methyl sites for hydroxylation is 2. The lowest BCUT2D eigenvalue weighted by Gasteiger charge is -2.11. The molecule has 1 aromatic carbocycles. The van der Waals surface area contributed by atoms with Crippen LogP contribution in [0.1, 0.15) is 56.8 Å². The minimum atomic E-state index is -0.441. The van der Waals surface area contributed by atoms with Gasteiger partial charge in [0.15, 0.2) is 5.78 Å². The summed E-state index contributed by atoms with van der Waals surface area (Å²) in [5.41, 5.74) is 3.40. The predicted octanol–water partition coefficient (Wildman–Crippen LogP) is 4.49. The van der Waals surface area contributed by atoms with Crippen LogP contribution in [0.15, 0.2) is 30.3 Å². The lowest BCUT2D eigenvalue weighted by Crippen LogP contribution is -2.13. The summed E-state index contributed by atoms with van der Waals surface area (Å²) < 4.78 is 5.09. The highest BCUT2D eigenvalue weighted by Crippen LogP contribution is 2.30. The maximum absolute atomic E-state index is 12.7. The Morgan fingerprint density at radius 3 is 2.38 bits per heavy atom. The molecule has 2 rings (SSSR count). The molecule has 0 saturated carbocycles. The topological polar surface area (TPSA) is 59.2 Å². The second-order valence-corrected chi connectivity index (χ2v) is 6.96. The van der Waals surface area contributed by atoms with E-state index in [-0.39, 0.29) is 17.6 Å². The summed E-state index contributed by atoms with van der Waals surface area (Å²) in [4.78, 5) is 27.9. The molecule has 0 bridgehead atoms. The number of nitrogens with one attached hydrogen (secondary N) is 1. The van der Waals surface area contributed by atoms with Gasteiger partial charge in [-0.15, -0.1) is 11.8 Å². The van der Waals surface area contributed by atoms with E-state index in [2.05, 4.69) is 24.0 Å². The zero-order valence-electron chi connectivity index (χ0n) is 14.5. The highest BCUT2D eigenvalue weighted by atomic mass is 32.2. The van der Waals surface area contributed by atoms with Crippen LogP contribution in [-0.2, 0) is 4.74 Å². The Hall–Kier alpha value is -2.01. The van der Waals surface area contributed by atoms with Crippen LogP contribution in [0.4, 0.5) is 0 Å². The third-order valence-corrected chi connectivity index (χ3v) is 5.07. The lowest BCUT2D eigenvalue weighted by atomic mass is 10.1. The normalized spacial score (nSPS) is 12.0. The van der Waals surface area contributed by atoms with Gasteiger partial charge in [-0.3, -0.25) is 4.79 Å². The highest BCUT2D eigenvalue weighted by Gasteiger charge is 2.25. The second-order valence-electron chi connectivity index (χ2n) is 5.63. The van der Waals surface area contributed by atoms with E-state index in [0.717, 1.165) is 0 Å². The van der Waals surface area contributed by atoms with Gasteiger partial charge in [0.05, 0.1) is 23.5 Å². The Labute approximate surface area is 147 Å². The van der Waals surface area contributed by atoms with Gasteiger partial charge in [0, 0.05) is 16.6 Å². The van der Waals surface area contributed by atoms with Crippen molar-refractivity contribution >= 4 is 23.5 Å². The second kappa shape index (κ2) is 8.20. The number of aromatic nitrogens is 1. The first kappa shape index (κ1) is 18.3. The van der Waals surface area contributed by atoms with Crippen molar-refractivity contribution in [2.75, 3.05) is 12.4 Å². The van der Waals surface area contributed by atoms with E-state index in [1.165, 1.54) is 5.56 Å². The summed E-state index contributed by atoms with van der Waals surface area (Å²) in [7, 11) is 0. The molecule has 0 spiro atoms. The van der Waals surface area contributed by atoms with E-state index in [0.29, 0.717) is 28.3 Å². The summed E-state index contributed by atoms with van der Waals surface area (Å²) in [6, 6.07) is 10.1. The van der Waals surface area contributed by atoms with Crippen molar-refractivity contribution in [1.82, 2.24) is 4.98 Å². The van der Waals surface area contributed by atoms with Crippen molar-refractivity contribution in [2.24, 2.45) is 0 Å². The van der Waals surface area contributed by atoms with Crippen LogP contribution in [0.3, 0.4) is 0 Å². The van der Waals surface area contributed by atoms with Crippen LogP contribution in [-0.4, -0.2) is 29.1 Å². The van der Waals surface area contributed by atoms with E-state index >= 15 is 0 Å². The monoisotopic (exact) mass is 345 g/mol. The Balaban J connectivity index is 2.14. The molecule has 1 aromatic heterocycles. The van der Waals surface area contributed by atoms with Crippen LogP contribution in [0.5, 0.6) is 0 Å². The molecule has 1 N–H and O–H groups in total. The third kappa shape index (κ3) is 4.09. The molecule has 1 atom stereocenters. The largest absolute Gasteiger partial charge is 0.462 e. The Bertz CT molecular complexity index is 722. The van der Waals surface area contributed by atoms with Crippen LogP contribution in [0, 0.1) is 13.8 Å². The maximum atomic E-state index is 12.7. The summed E-state index contributed by atoms with van der Waals surface area (Å²) in [6.45, 7) is 7.72. The van der Waals surface area contributed by atoms with Gasteiger partial charge < -0.3 is 9.72 Å². The van der Waals surface area contributed by atoms with E-state index in [1.807, 2.05) is 25.1 Å². The SMILES string of the molecule is CCOC(=O)c1c(C)[nH]c(C)c1C(=O)CS[C@@H](C)c1ccccc1. The molecule has 0 radical (unpaired) electrons. The number of H-pyrrole nitrogens is 1. The van der Waals surface area contributed by atoms with Crippen LogP contribution < -0.4 is 0 Å². The summed E-state index contributed by atoms with van der Waals surface area (Å²) in [6.07, 6.45) is 0. The number of esters is 1. The van der Waals surface area contributed by atoms with Gasteiger partial charge in [0.2, 0.25) is 0 Å². The molecule has 0 amide bonds. The molecule has 0 aliphatic carbocycles. The number of thioether (sulfide) groups is 1. The fraction of sp³-hybridized carbons (Fsp3) is 0.368. The van der Waals surface area contributed by atoms with Crippen molar-refractivity contribution in [2.45, 2.75) is 32.9 Å². The standard InChI is InChI=1S/C19H23NO3S/c1-5-23-19(22)18-13(3)20-12(2)17(18)16(21)11-24-14(4)15-9-7-6-8-10-15/h6-10,14,20H,5,11H2,1-4H3/t14-/m0/s1. The maximum Gasteiger partial charge on any atom is 0.340 e. The number of Topliss-reactive ketones (excluding diaryl/α,β-unsaturated/α-hetero) is 1. The third-order valence-electron chi connectivity index (χ3n) is 3.87. The number of ether oxygens (including phenoxy) is 1. The number of rotatable bonds is 7. The average Bonchev–Trinajstić information content (AvgIpc) is 2.87. The molecule has 0 fully saturated rings. The number of ketones is 1. The fourth-order valence-corrected chi connectivity index (χ4v) is 3.58. The highest BCUT2D eigenvalue weighted by molar-refractivity contribution is 8.00. The molecule has 0 aliphatic rings. The Kier molecular flexibility index (Phi) is 6.26. The Morgan fingerprint density at radius 1 is 1.12 bits per heavy atom. The summed E-state index contributed by atoms with van der Waals surface area (Å²) in [5.74, 6) is -0.169. The molecule has 5 heteroatoms. The smallest absolute Gasteiger partial charge is 0.340 e. The van der Waals surface area contributed by atoms with Gasteiger partial charge in [0.25, 0.3) is 0 Å². The van der Waals surface area contributed by atoms with E-state index in [4.69, 9.17) is 4.74 Å². The molecule has 0 saturated heterocycles. The molecule has 1 heterocycles. The number of hydrogen-bond acceptors (Lipinski definition) is 4. The Morgan fingerprint density at radius 2 is 1.75 bits per heavy atom. The molecule has 0 aliphatic heterocycles. The van der Waals surface area contributed by atoms with Gasteiger partial charge in [-0.25, -0.2) is 4.79 Å². The quantitative estimate of drug-likeness (QED) is 0.593. The van der Waals surface area contributed by atoms with Gasteiger partial charge in [-0.1, -0.05) is 30.3 Å². The van der Waals surface area contributed by atoms with E-state index in [1.54, 1.807) is 25.6 Å². The molecular formula is C19H23NO3S. The molecule has 24 heavy (non-hydrogen) atoms. The van der Waals surface area contributed by atoms with Crippen molar-refractivity contribution in [1.29, 1.82) is 0 Å². The summed E-state index contributed by atoms with van der Waals surface area (Å²) >= 11 is 1.57. The first-order chi connectivity index (χ1) is 11.5. The number of benzene rings is 1. The van der Waals surface area contributed by atoms with Crippen LogP contribution in [0.2, 0.25) is 0 Å². The zero-order chi connectivity index (χ0) is 17.7. The van der Waals surface area contributed by atoms with Gasteiger partial charge >= 0.3 is 5.97 Å². The van der Waals surface area contributed by atoms with Crippen molar-refractivity contribution in [3.63, 3.8) is 0 Å². The predicted molar refractivity (Wildman–Crippen MR) is 97.9 cm³/mol. The fourth-order valence-electron chi connectivity index (χ4n) is 2.68. The number of carbonyl (C=O) groups excluding carboxylic acids is 2. The molecule has 128 valence electrons. The first-order valence-corrected chi connectivity index (χ1v) is 9.06. The first-order valence-electron chi connectivity index (χ1n) is 8.01. The van der Waals surface area contributed by atoms with E-state index < -0.39 is 5.97 Å². The van der Waals surface area contributed by atoms with Gasteiger partial charge in [-0.05, 0) is 33.3 Å². The minimum absolute atomic E-state index is 0.0484. The molecule has 4 nitrogen and oxygen atoms in total. The zero-order valence-corrected chi connectivity index (χ0v) is 15.3. The molecule has 2 aromatic rings. The number of hydrogen-bond donors (Lipinski definition) is 1. The van der Waals surface area contributed by atoms with Crippen molar-refractivity contribution in [3.05, 3.63) is 58.4 Å².